The van der Waals surface area contributed by atoms with Crippen LogP contribution in [0.2, 0.25) is 0 Å². The Hall–Kier alpha value is -2.63. The largest absolute Gasteiger partial charge is 0.370 e. The highest BCUT2D eigenvalue weighted by atomic mass is 16.1. The number of aromatic amines is 2. The number of nitrogens with zero attached hydrogens (tertiary/aromatic N) is 2. The minimum Gasteiger partial charge on any atom is -0.370 e. The molecule has 96 valence electrons. The van der Waals surface area contributed by atoms with Crippen LogP contribution in [0.25, 0.3) is 22.3 Å². The van der Waals surface area contributed by atoms with Crippen molar-refractivity contribution in [1.29, 1.82) is 0 Å². The van der Waals surface area contributed by atoms with Crippen molar-refractivity contribution in [3.8, 4) is 11.5 Å². The Morgan fingerprint density at radius 2 is 2.16 bits per heavy atom. The van der Waals surface area contributed by atoms with Crippen molar-refractivity contribution in [2.45, 2.75) is 6.92 Å². The topological polar surface area (TPSA) is 86.5 Å². The van der Waals surface area contributed by atoms with Gasteiger partial charge in [-0.05, 0) is 18.4 Å². The van der Waals surface area contributed by atoms with Crippen molar-refractivity contribution in [3.05, 3.63) is 40.8 Å². The molecule has 3 aromatic rings. The van der Waals surface area contributed by atoms with Gasteiger partial charge < -0.3 is 5.32 Å². The zero-order chi connectivity index (χ0) is 13.2. The fourth-order valence-corrected chi connectivity index (χ4v) is 2.01. The summed E-state index contributed by atoms with van der Waals surface area (Å²) in [6.45, 7) is 2.79. The molecule has 0 bridgehead atoms. The van der Waals surface area contributed by atoms with E-state index in [0.29, 0.717) is 11.5 Å². The van der Waals surface area contributed by atoms with Crippen LogP contribution in [0.3, 0.4) is 0 Å². The number of H-pyrrole nitrogens is 2. The van der Waals surface area contributed by atoms with Crippen LogP contribution in [0.1, 0.15) is 6.92 Å². The molecule has 0 aliphatic rings. The van der Waals surface area contributed by atoms with Crippen molar-refractivity contribution in [3.63, 3.8) is 0 Å². The summed E-state index contributed by atoms with van der Waals surface area (Å²) < 4.78 is 0. The molecule has 0 amide bonds. The van der Waals surface area contributed by atoms with Crippen LogP contribution in [-0.4, -0.2) is 26.7 Å². The molecule has 1 aromatic carbocycles. The van der Waals surface area contributed by atoms with Crippen molar-refractivity contribution >= 4 is 16.6 Å². The van der Waals surface area contributed by atoms with E-state index in [1.165, 1.54) is 0 Å². The number of pyridine rings is 1. The lowest BCUT2D eigenvalue weighted by molar-refractivity contribution is 1.05. The van der Waals surface area contributed by atoms with Crippen molar-refractivity contribution in [2.75, 3.05) is 11.9 Å². The third-order valence-electron chi connectivity index (χ3n) is 2.83. The Labute approximate surface area is 108 Å². The lowest BCUT2D eigenvalue weighted by Gasteiger charge is -2.08. The van der Waals surface area contributed by atoms with Gasteiger partial charge in [-0.2, -0.15) is 5.10 Å². The van der Waals surface area contributed by atoms with Crippen LogP contribution in [0.4, 0.5) is 5.82 Å². The predicted molar refractivity (Wildman–Crippen MR) is 74.1 cm³/mol. The Bertz CT molecular complexity index is 774. The second-order valence-corrected chi connectivity index (χ2v) is 4.13. The molecular weight excluding hydrogens is 242 g/mol. The fraction of sp³-hybridized carbons (Fsp3) is 0.154. The number of hydrogen-bond donors (Lipinski definition) is 3. The van der Waals surface area contributed by atoms with Crippen molar-refractivity contribution < 1.29 is 0 Å². The summed E-state index contributed by atoms with van der Waals surface area (Å²) in [5.74, 6) is 1.23. The van der Waals surface area contributed by atoms with Gasteiger partial charge in [-0.3, -0.25) is 4.98 Å². The Balaban J connectivity index is 2.23. The van der Waals surface area contributed by atoms with Gasteiger partial charge in [0.15, 0.2) is 5.82 Å². The van der Waals surface area contributed by atoms with E-state index in [1.807, 2.05) is 37.3 Å². The zero-order valence-electron chi connectivity index (χ0n) is 10.4. The number of hydrogen-bond acceptors (Lipinski definition) is 4. The molecule has 2 heterocycles. The van der Waals surface area contributed by atoms with Crippen LogP contribution < -0.4 is 11.0 Å². The van der Waals surface area contributed by atoms with E-state index in [9.17, 15) is 4.79 Å². The minimum atomic E-state index is -0.338. The van der Waals surface area contributed by atoms with Crippen LogP contribution in [0.5, 0.6) is 0 Å². The van der Waals surface area contributed by atoms with Crippen molar-refractivity contribution in [1.82, 2.24) is 20.2 Å². The summed E-state index contributed by atoms with van der Waals surface area (Å²) in [6, 6.07) is 9.86. The summed E-state index contributed by atoms with van der Waals surface area (Å²) in [7, 11) is 0. The number of nitrogens with one attached hydrogen (secondary N) is 3. The second kappa shape index (κ2) is 4.56. The molecule has 0 aliphatic carbocycles. The van der Waals surface area contributed by atoms with Crippen LogP contribution in [0.15, 0.2) is 35.1 Å². The van der Waals surface area contributed by atoms with E-state index >= 15 is 0 Å². The minimum absolute atomic E-state index is 0.338. The Kier molecular flexibility index (Phi) is 2.75. The molecule has 19 heavy (non-hydrogen) atoms. The molecular formula is C13H13N5O. The quantitative estimate of drug-likeness (QED) is 0.665. The summed E-state index contributed by atoms with van der Waals surface area (Å²) in [5, 5.41) is 11.6. The third kappa shape index (κ3) is 2.08. The van der Waals surface area contributed by atoms with Gasteiger partial charge >= 0.3 is 5.69 Å². The van der Waals surface area contributed by atoms with E-state index in [-0.39, 0.29) is 5.69 Å². The summed E-state index contributed by atoms with van der Waals surface area (Å²) in [5.41, 5.74) is 0.294. The molecule has 3 N–H and O–H groups in total. The highest BCUT2D eigenvalue weighted by Crippen LogP contribution is 2.25. The van der Waals surface area contributed by atoms with Crippen LogP contribution in [-0.2, 0) is 0 Å². The van der Waals surface area contributed by atoms with Crippen LogP contribution in [0, 0.1) is 0 Å². The zero-order valence-corrected chi connectivity index (χ0v) is 10.4. The standard InChI is InChI=1S/C13H13N5O/c1-2-14-11-9-6-4-3-5-8(9)7-10(15-11)12-16-13(19)18-17-12/h3-7H,2H2,1H3,(H,14,15)(H2,16,17,18,19). The maximum absolute atomic E-state index is 11.1. The first-order valence-electron chi connectivity index (χ1n) is 6.06. The monoisotopic (exact) mass is 255 g/mol. The molecule has 0 atom stereocenters. The van der Waals surface area contributed by atoms with Gasteiger partial charge in [0, 0.05) is 11.9 Å². The molecule has 6 nitrogen and oxygen atoms in total. The third-order valence-corrected chi connectivity index (χ3v) is 2.83. The van der Waals surface area contributed by atoms with Gasteiger partial charge in [0.1, 0.15) is 11.5 Å². The molecule has 0 saturated heterocycles. The number of aromatic nitrogens is 4. The molecule has 0 saturated carbocycles. The number of benzene rings is 1. The van der Waals surface area contributed by atoms with E-state index < -0.39 is 0 Å². The Morgan fingerprint density at radius 1 is 1.32 bits per heavy atom. The molecule has 0 fully saturated rings. The average molecular weight is 255 g/mol. The lowest BCUT2D eigenvalue weighted by atomic mass is 10.1. The van der Waals surface area contributed by atoms with Gasteiger partial charge in [-0.25, -0.2) is 14.9 Å². The average Bonchev–Trinajstić information content (AvgIpc) is 2.86. The first-order valence-corrected chi connectivity index (χ1v) is 6.06. The maximum Gasteiger partial charge on any atom is 0.340 e. The SMILES string of the molecule is CCNc1nc(-c2n[nH]c(=O)[nH]2)cc2ccccc12. The van der Waals surface area contributed by atoms with Gasteiger partial charge in [-0.1, -0.05) is 24.3 Å². The maximum atomic E-state index is 11.1. The normalized spacial score (nSPS) is 10.8. The number of fused-ring (bicyclic) bond motifs is 1. The van der Waals surface area contributed by atoms with Gasteiger partial charge in [0.25, 0.3) is 0 Å². The van der Waals surface area contributed by atoms with Gasteiger partial charge in [-0.15, -0.1) is 0 Å². The van der Waals surface area contributed by atoms with E-state index in [4.69, 9.17) is 0 Å². The van der Waals surface area contributed by atoms with E-state index in [0.717, 1.165) is 23.1 Å². The summed E-state index contributed by atoms with van der Waals surface area (Å²) >= 11 is 0. The van der Waals surface area contributed by atoms with Gasteiger partial charge in [0.05, 0.1) is 0 Å². The smallest absolute Gasteiger partial charge is 0.340 e. The van der Waals surface area contributed by atoms with E-state index in [2.05, 4.69) is 25.5 Å². The highest BCUT2D eigenvalue weighted by Gasteiger charge is 2.09. The number of anilines is 1. The highest BCUT2D eigenvalue weighted by molar-refractivity contribution is 5.94. The van der Waals surface area contributed by atoms with Crippen molar-refractivity contribution in [2.24, 2.45) is 0 Å². The molecule has 2 aromatic heterocycles. The van der Waals surface area contributed by atoms with Gasteiger partial charge in [0.2, 0.25) is 0 Å². The molecule has 3 rings (SSSR count). The summed E-state index contributed by atoms with van der Waals surface area (Å²) in [6.07, 6.45) is 0. The molecule has 0 aliphatic heterocycles. The predicted octanol–water partition coefficient (Wildman–Crippen LogP) is 1.74. The van der Waals surface area contributed by atoms with E-state index in [1.54, 1.807) is 0 Å². The molecule has 0 radical (unpaired) electrons. The lowest BCUT2D eigenvalue weighted by Crippen LogP contribution is -2.02. The molecule has 6 heteroatoms. The number of rotatable bonds is 3. The molecule has 0 spiro atoms. The second-order valence-electron chi connectivity index (χ2n) is 4.13. The van der Waals surface area contributed by atoms with Crippen LogP contribution >= 0.6 is 0 Å². The summed E-state index contributed by atoms with van der Waals surface area (Å²) in [4.78, 5) is 18.2. The Morgan fingerprint density at radius 3 is 2.89 bits per heavy atom. The first kappa shape index (κ1) is 11.5. The molecule has 0 unspecified atom stereocenters. The first-order chi connectivity index (χ1) is 9.28. The fourth-order valence-electron chi connectivity index (χ4n) is 2.01.